The summed E-state index contributed by atoms with van der Waals surface area (Å²) in [7, 11) is 0. The molecule has 0 aliphatic carbocycles. The molecule has 0 N–H and O–H groups in total. The summed E-state index contributed by atoms with van der Waals surface area (Å²) in [4.78, 5) is 37.5. The quantitative estimate of drug-likeness (QED) is 0.0216. The molecule has 1 atom stereocenters. The standard InChI is InChI=1S/C46H72O6/c1-4-7-10-13-16-19-21-23-25-27-30-33-36-39-45(48)51-42-43(41-50-44(47)38-35-32-29-26-18-15-12-9-6-3)52-46(49)40-37-34-31-28-24-22-20-17-14-11-8-5-2/h7-8,10-11,13,16-17,19-21,23,25-27,29-30,43H,4-6,9,12,14-15,18,22,24,28,31-42H2,1-3H3/b10-7-,11-8-,16-13-,20-17-,21-19-,25-23-,29-26-,30-27-. The first-order valence-electron chi connectivity index (χ1n) is 20.3. The van der Waals surface area contributed by atoms with Gasteiger partial charge in [-0.1, -0.05) is 157 Å². The molecule has 0 fully saturated rings. The Labute approximate surface area is 317 Å². The highest BCUT2D eigenvalue weighted by Gasteiger charge is 2.19. The van der Waals surface area contributed by atoms with E-state index in [0.717, 1.165) is 77.0 Å². The Morgan fingerprint density at radius 1 is 0.423 bits per heavy atom. The summed E-state index contributed by atoms with van der Waals surface area (Å²) in [5, 5.41) is 0. The average Bonchev–Trinajstić information content (AvgIpc) is 3.14. The Bertz CT molecular complexity index is 1100. The minimum absolute atomic E-state index is 0.123. The minimum Gasteiger partial charge on any atom is -0.462 e. The molecular formula is C46H72O6. The number of hydrogen-bond acceptors (Lipinski definition) is 6. The maximum atomic E-state index is 12.6. The van der Waals surface area contributed by atoms with Gasteiger partial charge >= 0.3 is 17.9 Å². The van der Waals surface area contributed by atoms with Gasteiger partial charge in [0.1, 0.15) is 13.2 Å². The van der Waals surface area contributed by atoms with Crippen LogP contribution in [0.25, 0.3) is 0 Å². The van der Waals surface area contributed by atoms with Crippen LogP contribution in [0.15, 0.2) is 97.2 Å². The Morgan fingerprint density at radius 3 is 1.46 bits per heavy atom. The van der Waals surface area contributed by atoms with Crippen molar-refractivity contribution in [3.8, 4) is 0 Å². The monoisotopic (exact) mass is 721 g/mol. The predicted octanol–water partition coefficient (Wildman–Crippen LogP) is 12.7. The lowest BCUT2D eigenvalue weighted by Gasteiger charge is -2.18. The molecule has 0 rings (SSSR count). The molecule has 0 spiro atoms. The zero-order valence-corrected chi connectivity index (χ0v) is 33.0. The zero-order valence-electron chi connectivity index (χ0n) is 33.0. The molecule has 0 aliphatic heterocycles. The minimum atomic E-state index is -0.821. The van der Waals surface area contributed by atoms with Crippen LogP contribution in [0.5, 0.6) is 0 Å². The van der Waals surface area contributed by atoms with E-state index in [0.29, 0.717) is 19.3 Å². The van der Waals surface area contributed by atoms with E-state index in [1.165, 1.54) is 25.7 Å². The Morgan fingerprint density at radius 2 is 0.865 bits per heavy atom. The van der Waals surface area contributed by atoms with Crippen LogP contribution in [0.3, 0.4) is 0 Å². The lowest BCUT2D eigenvalue weighted by Crippen LogP contribution is -2.30. The van der Waals surface area contributed by atoms with Crippen molar-refractivity contribution in [2.45, 2.75) is 162 Å². The van der Waals surface area contributed by atoms with Crippen molar-refractivity contribution in [1.29, 1.82) is 0 Å². The van der Waals surface area contributed by atoms with Crippen molar-refractivity contribution in [1.82, 2.24) is 0 Å². The number of carbonyl (C=O) groups is 3. The number of carbonyl (C=O) groups excluding carboxylic acids is 3. The molecule has 52 heavy (non-hydrogen) atoms. The molecule has 0 aromatic heterocycles. The van der Waals surface area contributed by atoms with Gasteiger partial charge in [-0.3, -0.25) is 14.4 Å². The first-order valence-corrected chi connectivity index (χ1v) is 20.3. The average molecular weight is 721 g/mol. The van der Waals surface area contributed by atoms with E-state index in [9.17, 15) is 14.4 Å². The summed E-state index contributed by atoms with van der Waals surface area (Å²) < 4.78 is 16.5. The van der Waals surface area contributed by atoms with E-state index in [2.05, 4.69) is 63.3 Å². The summed E-state index contributed by atoms with van der Waals surface area (Å²) in [6.07, 6.45) is 51.2. The van der Waals surface area contributed by atoms with Crippen molar-refractivity contribution >= 4 is 17.9 Å². The fourth-order valence-electron chi connectivity index (χ4n) is 4.92. The van der Waals surface area contributed by atoms with Gasteiger partial charge in [0.05, 0.1) is 0 Å². The molecule has 6 nitrogen and oxygen atoms in total. The number of ether oxygens (including phenoxy) is 3. The molecular weight excluding hydrogens is 648 g/mol. The largest absolute Gasteiger partial charge is 0.462 e. The molecule has 0 aliphatic rings. The van der Waals surface area contributed by atoms with Crippen LogP contribution in [0.2, 0.25) is 0 Å². The first kappa shape index (κ1) is 48.3. The van der Waals surface area contributed by atoms with Crippen LogP contribution >= 0.6 is 0 Å². The van der Waals surface area contributed by atoms with Gasteiger partial charge in [0, 0.05) is 19.3 Å². The second kappa shape index (κ2) is 40.1. The molecule has 0 aromatic carbocycles. The first-order chi connectivity index (χ1) is 25.5. The number of allylic oxidation sites excluding steroid dienone is 16. The summed E-state index contributed by atoms with van der Waals surface area (Å²) in [5.41, 5.74) is 0. The zero-order chi connectivity index (χ0) is 38.0. The lowest BCUT2D eigenvalue weighted by molar-refractivity contribution is -0.167. The van der Waals surface area contributed by atoms with Gasteiger partial charge in [0.25, 0.3) is 0 Å². The molecule has 0 aromatic rings. The fraction of sp³-hybridized carbons (Fsp3) is 0.587. The number of esters is 3. The van der Waals surface area contributed by atoms with Crippen molar-refractivity contribution in [3.63, 3.8) is 0 Å². The summed E-state index contributed by atoms with van der Waals surface area (Å²) in [6, 6.07) is 0. The van der Waals surface area contributed by atoms with E-state index >= 15 is 0 Å². The van der Waals surface area contributed by atoms with Crippen molar-refractivity contribution in [2.75, 3.05) is 13.2 Å². The topological polar surface area (TPSA) is 78.9 Å². The van der Waals surface area contributed by atoms with Crippen LogP contribution in [0.4, 0.5) is 0 Å². The molecule has 1 unspecified atom stereocenters. The molecule has 0 radical (unpaired) electrons. The molecule has 0 amide bonds. The molecule has 0 bridgehead atoms. The summed E-state index contributed by atoms with van der Waals surface area (Å²) in [6.45, 7) is 6.20. The molecule has 0 saturated carbocycles. The summed E-state index contributed by atoms with van der Waals surface area (Å²) in [5.74, 6) is -1.06. The van der Waals surface area contributed by atoms with Gasteiger partial charge in [-0.15, -0.1) is 0 Å². The van der Waals surface area contributed by atoms with Crippen LogP contribution in [-0.4, -0.2) is 37.2 Å². The second-order valence-corrected chi connectivity index (χ2v) is 12.9. The van der Waals surface area contributed by atoms with E-state index < -0.39 is 6.10 Å². The van der Waals surface area contributed by atoms with E-state index in [1.54, 1.807) is 0 Å². The van der Waals surface area contributed by atoms with Crippen LogP contribution in [-0.2, 0) is 28.6 Å². The fourth-order valence-corrected chi connectivity index (χ4v) is 4.92. The van der Waals surface area contributed by atoms with Gasteiger partial charge in [-0.05, 0) is 77.0 Å². The maximum Gasteiger partial charge on any atom is 0.306 e. The van der Waals surface area contributed by atoms with Gasteiger partial charge in [0.15, 0.2) is 6.10 Å². The van der Waals surface area contributed by atoms with Crippen LogP contribution < -0.4 is 0 Å². The number of rotatable bonds is 34. The summed E-state index contributed by atoms with van der Waals surface area (Å²) >= 11 is 0. The molecule has 6 heteroatoms. The number of unbranched alkanes of at least 4 members (excludes halogenated alkanes) is 11. The smallest absolute Gasteiger partial charge is 0.306 e. The third kappa shape index (κ3) is 37.6. The third-order valence-corrected chi connectivity index (χ3v) is 7.93. The van der Waals surface area contributed by atoms with E-state index in [-0.39, 0.29) is 44.0 Å². The van der Waals surface area contributed by atoms with Crippen LogP contribution in [0.1, 0.15) is 156 Å². The highest BCUT2D eigenvalue weighted by atomic mass is 16.6. The Kier molecular flexibility index (Phi) is 37.3. The maximum absolute atomic E-state index is 12.6. The molecule has 0 saturated heterocycles. The van der Waals surface area contributed by atoms with Gasteiger partial charge in [-0.2, -0.15) is 0 Å². The Hall–Kier alpha value is -3.67. The van der Waals surface area contributed by atoms with Crippen molar-refractivity contribution in [3.05, 3.63) is 97.2 Å². The normalized spacial score (nSPS) is 13.1. The van der Waals surface area contributed by atoms with Crippen molar-refractivity contribution in [2.24, 2.45) is 0 Å². The van der Waals surface area contributed by atoms with Gasteiger partial charge in [0.2, 0.25) is 0 Å². The predicted molar refractivity (Wildman–Crippen MR) is 219 cm³/mol. The van der Waals surface area contributed by atoms with E-state index in [4.69, 9.17) is 14.2 Å². The lowest BCUT2D eigenvalue weighted by atomic mass is 10.1. The van der Waals surface area contributed by atoms with Crippen molar-refractivity contribution < 1.29 is 28.6 Å². The highest BCUT2D eigenvalue weighted by molar-refractivity contribution is 5.71. The van der Waals surface area contributed by atoms with Gasteiger partial charge in [-0.25, -0.2) is 0 Å². The highest BCUT2D eigenvalue weighted by Crippen LogP contribution is 2.11. The third-order valence-electron chi connectivity index (χ3n) is 7.93. The van der Waals surface area contributed by atoms with Crippen LogP contribution in [0, 0.1) is 0 Å². The number of hydrogen-bond donors (Lipinski definition) is 0. The molecule has 0 heterocycles. The second-order valence-electron chi connectivity index (χ2n) is 12.9. The van der Waals surface area contributed by atoms with Gasteiger partial charge < -0.3 is 14.2 Å². The van der Waals surface area contributed by atoms with E-state index in [1.807, 2.05) is 54.7 Å². The Balaban J connectivity index is 4.58. The SMILES string of the molecule is CC\C=C/C=C\C=C/C=C\C=C/CCCC(=O)OCC(COC(=O)CCC/C=C\CCCCCC)OC(=O)CCCCCCC/C=C\C/C=C\CC. The molecule has 292 valence electrons.